The maximum absolute atomic E-state index is 11.6. The molecule has 0 aliphatic heterocycles. The molecule has 0 radical (unpaired) electrons. The Morgan fingerprint density at radius 2 is 1.50 bits per heavy atom. The molecule has 0 fully saturated rings. The maximum atomic E-state index is 11.6. The molecule has 0 saturated carbocycles. The molecule has 0 heterocycles. The first-order valence-electron chi connectivity index (χ1n) is 5.33. The summed E-state index contributed by atoms with van der Waals surface area (Å²) in [5, 5.41) is 10.1. The number of primary sulfonamides is 2. The minimum absolute atomic E-state index is 0.359. The molecule has 0 unspecified atom stereocenters. The van der Waals surface area contributed by atoms with Crippen LogP contribution in [0.25, 0.3) is 0 Å². The Morgan fingerprint density at radius 3 is 1.83 bits per heavy atom. The Bertz CT molecular complexity index is 663. The van der Waals surface area contributed by atoms with E-state index in [2.05, 4.69) is 0 Å². The van der Waals surface area contributed by atoms with Crippen LogP contribution in [0.1, 0.15) is 25.0 Å². The van der Waals surface area contributed by atoms with Gasteiger partial charge in [0.15, 0.2) is 0 Å². The minimum atomic E-state index is -4.15. The van der Waals surface area contributed by atoms with Crippen LogP contribution < -0.4 is 10.3 Å². The first-order chi connectivity index (χ1) is 8.12. The van der Waals surface area contributed by atoms with Gasteiger partial charge in [0.1, 0.15) is 9.79 Å². The number of sulfonamides is 2. The fourth-order valence-corrected chi connectivity index (χ4v) is 4.21. The van der Waals surface area contributed by atoms with Crippen LogP contribution >= 0.6 is 0 Å². The monoisotopic (exact) mass is 292 g/mol. The summed E-state index contributed by atoms with van der Waals surface area (Å²) in [5.74, 6) is 0. The van der Waals surface area contributed by atoms with Crippen LogP contribution in [0, 0.1) is 0 Å². The number of hydrogen-bond acceptors (Lipinski definition) is 4. The van der Waals surface area contributed by atoms with E-state index in [9.17, 15) is 16.8 Å². The van der Waals surface area contributed by atoms with Crippen LogP contribution in [0.3, 0.4) is 0 Å². The molecular weight excluding hydrogens is 276 g/mol. The third kappa shape index (κ3) is 2.89. The fourth-order valence-electron chi connectivity index (χ4n) is 1.90. The van der Waals surface area contributed by atoms with Crippen molar-refractivity contribution >= 4 is 20.0 Å². The molecule has 102 valence electrons. The number of hydrogen-bond donors (Lipinski definition) is 2. The molecule has 0 aromatic heterocycles. The van der Waals surface area contributed by atoms with Gasteiger partial charge in [0.05, 0.1) is 0 Å². The Hall–Kier alpha value is -0.960. The second kappa shape index (κ2) is 4.96. The van der Waals surface area contributed by atoms with Gasteiger partial charge >= 0.3 is 0 Å². The standard InChI is InChI=1S/C10H16N2O4S2/c1-3-7-5-6-9(17(11,13)14)10(8(7)4-2)18(12,15)16/h5-6H,3-4H2,1-2H3,(H2,11,13,14)(H2,12,15,16). The van der Waals surface area contributed by atoms with Gasteiger partial charge in [0, 0.05) is 0 Å². The third-order valence-corrected chi connectivity index (χ3v) is 4.76. The molecule has 1 aromatic rings. The highest BCUT2D eigenvalue weighted by atomic mass is 32.2. The summed E-state index contributed by atoms with van der Waals surface area (Å²) in [6, 6.07) is 2.75. The van der Waals surface area contributed by atoms with Gasteiger partial charge in [-0.05, 0) is 30.0 Å². The van der Waals surface area contributed by atoms with Crippen molar-refractivity contribution in [1.29, 1.82) is 0 Å². The van der Waals surface area contributed by atoms with Gasteiger partial charge in [-0.3, -0.25) is 0 Å². The van der Waals surface area contributed by atoms with E-state index in [1.165, 1.54) is 6.07 Å². The van der Waals surface area contributed by atoms with Crippen LogP contribution in [0.5, 0.6) is 0 Å². The van der Waals surface area contributed by atoms with Gasteiger partial charge in [0.2, 0.25) is 20.0 Å². The van der Waals surface area contributed by atoms with E-state index in [0.717, 1.165) is 5.56 Å². The van der Waals surface area contributed by atoms with E-state index in [0.29, 0.717) is 18.4 Å². The molecule has 1 rings (SSSR count). The van der Waals surface area contributed by atoms with E-state index in [1.54, 1.807) is 13.0 Å². The molecule has 18 heavy (non-hydrogen) atoms. The van der Waals surface area contributed by atoms with Crippen LogP contribution in [-0.2, 0) is 32.9 Å². The zero-order valence-electron chi connectivity index (χ0n) is 10.2. The van der Waals surface area contributed by atoms with Gasteiger partial charge in [-0.1, -0.05) is 19.9 Å². The second-order valence-electron chi connectivity index (χ2n) is 3.83. The summed E-state index contributed by atoms with van der Waals surface area (Å²) in [7, 11) is -8.28. The van der Waals surface area contributed by atoms with Crippen LogP contribution in [-0.4, -0.2) is 16.8 Å². The quantitative estimate of drug-likeness (QED) is 0.817. The Balaban J connectivity index is 3.90. The molecule has 0 bridgehead atoms. The predicted molar refractivity (Wildman–Crippen MR) is 67.9 cm³/mol. The lowest BCUT2D eigenvalue weighted by atomic mass is 10.0. The van der Waals surface area contributed by atoms with Gasteiger partial charge in [-0.2, -0.15) is 0 Å². The van der Waals surface area contributed by atoms with Crippen LogP contribution in [0.15, 0.2) is 21.9 Å². The first-order valence-corrected chi connectivity index (χ1v) is 8.42. The molecule has 1 aromatic carbocycles. The fraction of sp³-hybridized carbons (Fsp3) is 0.400. The van der Waals surface area contributed by atoms with Gasteiger partial charge in [-0.15, -0.1) is 0 Å². The Morgan fingerprint density at radius 1 is 0.944 bits per heavy atom. The van der Waals surface area contributed by atoms with Crippen molar-refractivity contribution in [1.82, 2.24) is 0 Å². The highest BCUT2D eigenvalue weighted by Gasteiger charge is 2.26. The maximum Gasteiger partial charge on any atom is 0.239 e. The molecule has 4 N–H and O–H groups in total. The summed E-state index contributed by atoms with van der Waals surface area (Å²) >= 11 is 0. The molecule has 0 spiro atoms. The van der Waals surface area contributed by atoms with Crippen LogP contribution in [0.4, 0.5) is 0 Å². The van der Waals surface area contributed by atoms with Crippen molar-refractivity contribution in [3.05, 3.63) is 23.3 Å². The summed E-state index contributed by atoms with van der Waals surface area (Å²) in [6.45, 7) is 3.58. The zero-order valence-corrected chi connectivity index (χ0v) is 11.8. The molecule has 0 amide bonds. The smallest absolute Gasteiger partial charge is 0.225 e. The SMILES string of the molecule is CCc1ccc(S(N)(=O)=O)c(S(N)(=O)=O)c1CC. The average Bonchev–Trinajstić information content (AvgIpc) is 2.24. The molecule has 0 saturated heterocycles. The largest absolute Gasteiger partial charge is 0.239 e. The minimum Gasteiger partial charge on any atom is -0.225 e. The molecular formula is C10H16N2O4S2. The predicted octanol–water partition coefficient (Wildman–Crippen LogP) is 0.106. The molecule has 0 atom stereocenters. The normalized spacial score (nSPS) is 12.7. The Labute approximate surface area is 107 Å². The Kier molecular flexibility index (Phi) is 4.16. The first kappa shape index (κ1) is 15.1. The molecule has 0 aliphatic rings. The number of benzene rings is 1. The lowest BCUT2D eigenvalue weighted by Gasteiger charge is -2.14. The zero-order chi connectivity index (χ0) is 14.1. The summed E-state index contributed by atoms with van der Waals surface area (Å²) in [4.78, 5) is -0.828. The lowest BCUT2D eigenvalue weighted by molar-refractivity contribution is 0.582. The lowest BCUT2D eigenvalue weighted by Crippen LogP contribution is -2.23. The number of nitrogens with two attached hydrogens (primary N) is 2. The van der Waals surface area contributed by atoms with Gasteiger partial charge in [-0.25, -0.2) is 27.1 Å². The molecule has 0 aliphatic carbocycles. The summed E-state index contributed by atoms with van der Waals surface area (Å²) in [6.07, 6.45) is 0.939. The average molecular weight is 292 g/mol. The van der Waals surface area contributed by atoms with E-state index >= 15 is 0 Å². The van der Waals surface area contributed by atoms with Crippen molar-refractivity contribution in [3.8, 4) is 0 Å². The van der Waals surface area contributed by atoms with Crippen molar-refractivity contribution in [2.75, 3.05) is 0 Å². The summed E-state index contributed by atoms with van der Waals surface area (Å²) < 4.78 is 46.1. The number of rotatable bonds is 4. The van der Waals surface area contributed by atoms with E-state index in [1.807, 2.05) is 6.92 Å². The van der Waals surface area contributed by atoms with E-state index in [-0.39, 0.29) is 4.90 Å². The topological polar surface area (TPSA) is 120 Å². The molecule has 6 nitrogen and oxygen atoms in total. The van der Waals surface area contributed by atoms with Crippen molar-refractivity contribution in [3.63, 3.8) is 0 Å². The second-order valence-corrected chi connectivity index (χ2v) is 6.86. The summed E-state index contributed by atoms with van der Waals surface area (Å²) in [5.41, 5.74) is 1.15. The van der Waals surface area contributed by atoms with Crippen molar-refractivity contribution in [2.45, 2.75) is 36.5 Å². The third-order valence-electron chi connectivity index (χ3n) is 2.65. The van der Waals surface area contributed by atoms with Gasteiger partial charge in [0.25, 0.3) is 0 Å². The van der Waals surface area contributed by atoms with E-state index < -0.39 is 24.9 Å². The number of aryl methyl sites for hydroxylation is 1. The van der Waals surface area contributed by atoms with E-state index in [4.69, 9.17) is 10.3 Å². The van der Waals surface area contributed by atoms with Crippen molar-refractivity contribution < 1.29 is 16.8 Å². The van der Waals surface area contributed by atoms with Gasteiger partial charge < -0.3 is 0 Å². The highest BCUT2D eigenvalue weighted by Crippen LogP contribution is 2.27. The molecule has 8 heteroatoms. The van der Waals surface area contributed by atoms with Crippen LogP contribution in [0.2, 0.25) is 0 Å². The highest BCUT2D eigenvalue weighted by molar-refractivity contribution is 7.92. The van der Waals surface area contributed by atoms with Crippen molar-refractivity contribution in [2.24, 2.45) is 10.3 Å².